The summed E-state index contributed by atoms with van der Waals surface area (Å²) in [5, 5.41) is 22.1. The van der Waals surface area contributed by atoms with E-state index in [1.165, 1.54) is 27.6 Å². The first-order valence-electron chi connectivity index (χ1n) is 8.60. The molecule has 28 heavy (non-hydrogen) atoms. The van der Waals surface area contributed by atoms with E-state index in [2.05, 4.69) is 10.2 Å². The van der Waals surface area contributed by atoms with Crippen LogP contribution in [0.2, 0.25) is 0 Å². The normalized spacial score (nSPS) is 18.8. The van der Waals surface area contributed by atoms with Crippen LogP contribution in [-0.2, 0) is 9.59 Å². The van der Waals surface area contributed by atoms with E-state index in [4.69, 9.17) is 0 Å². The molecule has 0 radical (unpaired) electrons. The minimum Gasteiger partial charge on any atom is -0.507 e. The molecule has 0 spiro atoms. The Hall–Kier alpha value is -2.84. The number of amides is 1. The number of aliphatic hydroxyl groups is 1. The fourth-order valence-corrected chi connectivity index (χ4v) is 4.80. The Balaban J connectivity index is 1.96. The molecule has 0 aliphatic carbocycles. The third-order valence-corrected chi connectivity index (χ3v) is 6.39. The van der Waals surface area contributed by atoms with Gasteiger partial charge in [0.25, 0.3) is 5.78 Å². The molecule has 142 valence electrons. The second-order valence-corrected chi connectivity index (χ2v) is 8.75. The smallest absolute Gasteiger partial charge is 0.301 e. The highest BCUT2D eigenvalue weighted by Gasteiger charge is 2.48. The fraction of sp³-hybridized carbons (Fsp3) is 0.200. The lowest BCUT2D eigenvalue weighted by Gasteiger charge is -2.21. The molecule has 1 atom stereocenters. The minimum absolute atomic E-state index is 0.0778. The molecule has 1 aliphatic rings. The van der Waals surface area contributed by atoms with Crippen molar-refractivity contribution >= 4 is 45.3 Å². The quantitative estimate of drug-likeness (QED) is 0.398. The number of benzene rings is 1. The van der Waals surface area contributed by atoms with Gasteiger partial charge in [-0.05, 0) is 43.8 Å². The zero-order chi connectivity index (χ0) is 20.0. The van der Waals surface area contributed by atoms with Gasteiger partial charge in [-0.1, -0.05) is 35.1 Å². The number of hydrogen-bond acceptors (Lipinski definition) is 7. The first kappa shape index (κ1) is 18.5. The Bertz CT molecular complexity index is 1120. The third-order valence-electron chi connectivity index (χ3n) is 4.63. The van der Waals surface area contributed by atoms with Crippen LogP contribution in [-0.4, -0.2) is 27.0 Å². The molecule has 6 nitrogen and oxygen atoms in total. The van der Waals surface area contributed by atoms with E-state index in [0.29, 0.717) is 15.7 Å². The van der Waals surface area contributed by atoms with Crippen LogP contribution in [0.4, 0.5) is 5.13 Å². The zero-order valence-electron chi connectivity index (χ0n) is 15.5. The van der Waals surface area contributed by atoms with E-state index in [9.17, 15) is 14.7 Å². The van der Waals surface area contributed by atoms with E-state index in [1.54, 1.807) is 6.92 Å². The average molecular weight is 412 g/mol. The minimum atomic E-state index is -0.729. The molecule has 1 aromatic carbocycles. The van der Waals surface area contributed by atoms with Crippen LogP contribution in [0.1, 0.15) is 32.6 Å². The van der Waals surface area contributed by atoms with Gasteiger partial charge in [0.05, 0.1) is 5.57 Å². The Morgan fingerprint density at radius 3 is 2.57 bits per heavy atom. The highest BCUT2D eigenvalue weighted by atomic mass is 32.1. The average Bonchev–Trinajstić information content (AvgIpc) is 3.38. The van der Waals surface area contributed by atoms with Gasteiger partial charge in [0.15, 0.2) is 0 Å². The summed E-state index contributed by atoms with van der Waals surface area (Å²) in [6.07, 6.45) is 0. The predicted molar refractivity (Wildman–Crippen MR) is 110 cm³/mol. The monoisotopic (exact) mass is 411 g/mol. The molecule has 1 amide bonds. The van der Waals surface area contributed by atoms with Crippen molar-refractivity contribution in [1.29, 1.82) is 0 Å². The van der Waals surface area contributed by atoms with Crippen LogP contribution < -0.4 is 4.90 Å². The van der Waals surface area contributed by atoms with E-state index < -0.39 is 17.7 Å². The summed E-state index contributed by atoms with van der Waals surface area (Å²) in [7, 11) is 0. The highest BCUT2D eigenvalue weighted by molar-refractivity contribution is 7.15. The van der Waals surface area contributed by atoms with Crippen molar-refractivity contribution < 1.29 is 14.7 Å². The van der Waals surface area contributed by atoms with Crippen LogP contribution in [0.5, 0.6) is 0 Å². The van der Waals surface area contributed by atoms with Gasteiger partial charge >= 0.3 is 5.91 Å². The SMILES string of the molecule is Cc1ccc(C)c(/C(O)=C2\C(=O)C(=O)N(c3nnc(C)s3)C2c2cccs2)c1. The lowest BCUT2D eigenvalue weighted by atomic mass is 9.96. The number of carbonyl (C=O) groups is 2. The van der Waals surface area contributed by atoms with Crippen LogP contribution in [0.3, 0.4) is 0 Å². The van der Waals surface area contributed by atoms with Crippen molar-refractivity contribution in [2.24, 2.45) is 0 Å². The number of anilines is 1. The topological polar surface area (TPSA) is 83.4 Å². The molecule has 2 aromatic heterocycles. The largest absolute Gasteiger partial charge is 0.507 e. The summed E-state index contributed by atoms with van der Waals surface area (Å²) in [5.41, 5.74) is 2.40. The molecular weight excluding hydrogens is 394 g/mol. The highest BCUT2D eigenvalue weighted by Crippen LogP contribution is 2.44. The summed E-state index contributed by atoms with van der Waals surface area (Å²) < 4.78 is 0. The predicted octanol–water partition coefficient (Wildman–Crippen LogP) is 4.15. The molecule has 3 aromatic rings. The molecule has 1 saturated heterocycles. The van der Waals surface area contributed by atoms with Crippen molar-refractivity contribution in [3.05, 3.63) is 67.9 Å². The molecular formula is C20H17N3O3S2. The molecule has 0 saturated carbocycles. The maximum atomic E-state index is 13.0. The summed E-state index contributed by atoms with van der Waals surface area (Å²) >= 11 is 2.66. The number of aryl methyl sites for hydroxylation is 3. The lowest BCUT2D eigenvalue weighted by molar-refractivity contribution is -0.132. The van der Waals surface area contributed by atoms with Gasteiger partial charge in [0, 0.05) is 10.4 Å². The van der Waals surface area contributed by atoms with Gasteiger partial charge in [0.1, 0.15) is 16.8 Å². The number of carbonyl (C=O) groups excluding carboxylic acids is 2. The van der Waals surface area contributed by atoms with Gasteiger partial charge < -0.3 is 5.11 Å². The maximum absolute atomic E-state index is 13.0. The Kier molecular flexibility index (Phi) is 4.60. The standard InChI is InChI=1S/C20H17N3O3S2/c1-10-6-7-11(2)13(9-10)17(24)15-16(14-5-4-8-27-14)23(19(26)18(15)25)20-22-21-12(3)28-20/h4-9,16,24H,1-3H3/b17-15+. The summed E-state index contributed by atoms with van der Waals surface area (Å²) in [6.45, 7) is 5.56. The number of hydrogen-bond donors (Lipinski definition) is 1. The Morgan fingerprint density at radius 1 is 1.14 bits per heavy atom. The molecule has 1 N–H and O–H groups in total. The van der Waals surface area contributed by atoms with Crippen molar-refractivity contribution in [1.82, 2.24) is 10.2 Å². The second-order valence-electron chi connectivity index (χ2n) is 6.61. The summed E-state index contributed by atoms with van der Waals surface area (Å²) in [4.78, 5) is 28.0. The van der Waals surface area contributed by atoms with Gasteiger partial charge in [0.2, 0.25) is 5.13 Å². The molecule has 4 rings (SSSR count). The van der Waals surface area contributed by atoms with E-state index in [-0.39, 0.29) is 11.3 Å². The number of rotatable bonds is 3. The Morgan fingerprint density at radius 2 is 1.93 bits per heavy atom. The van der Waals surface area contributed by atoms with E-state index in [1.807, 2.05) is 49.6 Å². The van der Waals surface area contributed by atoms with Crippen molar-refractivity contribution in [2.45, 2.75) is 26.8 Å². The number of aliphatic hydroxyl groups excluding tert-OH is 1. The van der Waals surface area contributed by atoms with Crippen molar-refractivity contribution in [2.75, 3.05) is 4.90 Å². The van der Waals surface area contributed by atoms with Crippen LogP contribution >= 0.6 is 22.7 Å². The molecule has 0 bridgehead atoms. The molecule has 1 fully saturated rings. The van der Waals surface area contributed by atoms with E-state index in [0.717, 1.165) is 16.0 Å². The third kappa shape index (κ3) is 2.94. The lowest BCUT2D eigenvalue weighted by Crippen LogP contribution is -2.29. The van der Waals surface area contributed by atoms with Crippen LogP contribution in [0.25, 0.3) is 5.76 Å². The molecule has 8 heteroatoms. The van der Waals surface area contributed by atoms with Gasteiger partial charge in [-0.15, -0.1) is 21.5 Å². The van der Waals surface area contributed by atoms with Crippen molar-refractivity contribution in [3.63, 3.8) is 0 Å². The first-order valence-corrected chi connectivity index (χ1v) is 10.3. The molecule has 1 aliphatic heterocycles. The molecule has 1 unspecified atom stereocenters. The fourth-order valence-electron chi connectivity index (χ4n) is 3.27. The van der Waals surface area contributed by atoms with Crippen LogP contribution in [0, 0.1) is 20.8 Å². The first-order chi connectivity index (χ1) is 13.4. The van der Waals surface area contributed by atoms with E-state index >= 15 is 0 Å². The maximum Gasteiger partial charge on any atom is 0.301 e. The van der Waals surface area contributed by atoms with Gasteiger partial charge in [-0.2, -0.15) is 0 Å². The summed E-state index contributed by atoms with van der Waals surface area (Å²) in [6, 6.07) is 8.60. The second kappa shape index (κ2) is 6.96. The van der Waals surface area contributed by atoms with Crippen LogP contribution in [0.15, 0.2) is 41.3 Å². The van der Waals surface area contributed by atoms with Crippen molar-refractivity contribution in [3.8, 4) is 0 Å². The molecule has 3 heterocycles. The number of ketones is 1. The van der Waals surface area contributed by atoms with Gasteiger partial charge in [-0.3, -0.25) is 14.5 Å². The Labute approximate surface area is 169 Å². The number of thiophene rings is 1. The summed E-state index contributed by atoms with van der Waals surface area (Å²) in [5.74, 6) is -1.59. The zero-order valence-corrected chi connectivity index (χ0v) is 17.1. The van der Waals surface area contributed by atoms with Gasteiger partial charge in [-0.25, -0.2) is 0 Å². The number of nitrogens with zero attached hydrogens (tertiary/aromatic N) is 3. The number of aromatic nitrogens is 2. The number of Topliss-reactive ketones (excluding diaryl/α,β-unsaturated/α-hetero) is 1.